The van der Waals surface area contributed by atoms with Crippen molar-refractivity contribution in [1.82, 2.24) is 6.15 Å². The fourth-order valence-corrected chi connectivity index (χ4v) is 1.71. The Kier molecular flexibility index (Phi) is 6.96. The van der Waals surface area contributed by atoms with Gasteiger partial charge < -0.3 is 0 Å². The summed E-state index contributed by atoms with van der Waals surface area (Å²) in [5.41, 5.74) is 1.27. The predicted octanol–water partition coefficient (Wildman–Crippen LogP) is 1.50. The minimum Gasteiger partial charge on any atom is -0.270 e. The van der Waals surface area contributed by atoms with E-state index in [-0.39, 0.29) is 12.8 Å². The first kappa shape index (κ1) is 15.1. The van der Waals surface area contributed by atoms with E-state index in [1.807, 2.05) is 18.2 Å². The maximum atomic E-state index is 10.6. The molecule has 5 heteroatoms. The second kappa shape index (κ2) is 7.38. The van der Waals surface area contributed by atoms with Crippen LogP contribution in [0.15, 0.2) is 30.3 Å². The summed E-state index contributed by atoms with van der Waals surface area (Å²) in [5.74, 6) is 0. The molecule has 0 aliphatic rings. The lowest BCUT2D eigenvalue weighted by Crippen LogP contribution is -2.04. The highest BCUT2D eigenvalue weighted by atomic mass is 32.2. The van der Waals surface area contributed by atoms with Gasteiger partial charge in [-0.3, -0.25) is 4.18 Å². The highest BCUT2D eigenvalue weighted by Crippen LogP contribution is 2.04. The zero-order chi connectivity index (χ0) is 11.1. The van der Waals surface area contributed by atoms with Gasteiger partial charge in [0.25, 0.3) is 10.1 Å². The SMILES string of the molecule is CS(=O)(=O)OCCCCc1ccccc1.[N]. The van der Waals surface area contributed by atoms with E-state index < -0.39 is 10.1 Å². The fraction of sp³-hybridized carbons (Fsp3) is 0.455. The number of aryl methyl sites for hydroxylation is 1. The van der Waals surface area contributed by atoms with Crippen LogP contribution in [0.5, 0.6) is 0 Å². The molecule has 0 aliphatic heterocycles. The predicted molar refractivity (Wildman–Crippen MR) is 62.3 cm³/mol. The highest BCUT2D eigenvalue weighted by molar-refractivity contribution is 7.85. The van der Waals surface area contributed by atoms with Crippen LogP contribution in [-0.4, -0.2) is 21.3 Å². The Bertz CT molecular complexity index is 375. The Morgan fingerprint density at radius 3 is 2.31 bits per heavy atom. The molecule has 89 valence electrons. The maximum absolute atomic E-state index is 10.6. The molecular weight excluding hydrogens is 226 g/mol. The van der Waals surface area contributed by atoms with E-state index in [9.17, 15) is 8.42 Å². The van der Waals surface area contributed by atoms with Gasteiger partial charge in [-0.05, 0) is 24.8 Å². The van der Waals surface area contributed by atoms with Crippen LogP contribution in [0, 0.1) is 0 Å². The van der Waals surface area contributed by atoms with Crippen molar-refractivity contribution < 1.29 is 12.6 Å². The number of rotatable bonds is 6. The summed E-state index contributed by atoms with van der Waals surface area (Å²) in [5, 5.41) is 0. The standard InChI is InChI=1S/C11H16O3S.N/c1-15(12,13)14-10-6-5-9-11-7-3-2-4-8-11;/h2-4,7-8H,5-6,9-10H2,1H3;. The van der Waals surface area contributed by atoms with Crippen LogP contribution >= 0.6 is 0 Å². The van der Waals surface area contributed by atoms with Crippen molar-refractivity contribution in [2.24, 2.45) is 0 Å². The van der Waals surface area contributed by atoms with Crippen molar-refractivity contribution in [3.63, 3.8) is 0 Å². The van der Waals surface area contributed by atoms with Crippen LogP contribution in [0.2, 0.25) is 0 Å². The van der Waals surface area contributed by atoms with Crippen molar-refractivity contribution in [3.05, 3.63) is 35.9 Å². The van der Waals surface area contributed by atoms with Gasteiger partial charge in [-0.25, -0.2) is 0 Å². The molecule has 1 aromatic rings. The first-order valence-electron chi connectivity index (χ1n) is 4.96. The Balaban J connectivity index is 0.00000225. The van der Waals surface area contributed by atoms with Crippen LogP contribution in [0.3, 0.4) is 0 Å². The number of nitrogens with zero attached hydrogens (tertiary/aromatic N) is 1. The minimum absolute atomic E-state index is 0. The van der Waals surface area contributed by atoms with Gasteiger partial charge in [-0.1, -0.05) is 30.3 Å². The Morgan fingerprint density at radius 1 is 1.12 bits per heavy atom. The minimum atomic E-state index is -3.27. The van der Waals surface area contributed by atoms with Gasteiger partial charge in [-0.15, -0.1) is 0 Å². The number of benzene rings is 1. The van der Waals surface area contributed by atoms with Crippen LogP contribution < -0.4 is 6.15 Å². The first-order chi connectivity index (χ1) is 7.08. The van der Waals surface area contributed by atoms with Gasteiger partial charge in [0.2, 0.25) is 0 Å². The van der Waals surface area contributed by atoms with Gasteiger partial charge in [0.1, 0.15) is 0 Å². The lowest BCUT2D eigenvalue weighted by atomic mass is 10.1. The molecule has 1 rings (SSSR count). The van der Waals surface area contributed by atoms with E-state index in [2.05, 4.69) is 16.3 Å². The highest BCUT2D eigenvalue weighted by Gasteiger charge is 2.00. The van der Waals surface area contributed by atoms with Gasteiger partial charge in [0.05, 0.1) is 12.9 Å². The van der Waals surface area contributed by atoms with E-state index in [0.717, 1.165) is 25.5 Å². The first-order valence-corrected chi connectivity index (χ1v) is 6.78. The van der Waals surface area contributed by atoms with Crippen molar-refractivity contribution >= 4 is 10.1 Å². The normalized spacial score (nSPS) is 10.8. The lowest BCUT2D eigenvalue weighted by molar-refractivity contribution is 0.312. The molecular formula is C11H16NO3S. The van der Waals surface area contributed by atoms with Crippen molar-refractivity contribution in [3.8, 4) is 0 Å². The molecule has 0 amide bonds. The van der Waals surface area contributed by atoms with Crippen molar-refractivity contribution in [2.75, 3.05) is 12.9 Å². The second-order valence-corrected chi connectivity index (χ2v) is 5.11. The summed E-state index contributed by atoms with van der Waals surface area (Å²) in [6.45, 7) is 0.283. The molecule has 0 N–H and O–H groups in total. The van der Waals surface area contributed by atoms with Crippen molar-refractivity contribution in [2.45, 2.75) is 19.3 Å². The molecule has 16 heavy (non-hydrogen) atoms. The monoisotopic (exact) mass is 242 g/mol. The van der Waals surface area contributed by atoms with E-state index in [1.165, 1.54) is 5.56 Å². The van der Waals surface area contributed by atoms with Crippen LogP contribution in [0.4, 0.5) is 0 Å². The Hall–Kier alpha value is -0.910. The number of hydrogen-bond donors (Lipinski definition) is 0. The van der Waals surface area contributed by atoms with Gasteiger partial charge in [0.15, 0.2) is 0 Å². The molecule has 0 unspecified atom stereocenters. The quantitative estimate of drug-likeness (QED) is 0.560. The second-order valence-electron chi connectivity index (χ2n) is 3.47. The zero-order valence-electron chi connectivity index (χ0n) is 9.30. The molecule has 0 atom stereocenters. The third-order valence-corrected chi connectivity index (χ3v) is 2.59. The molecule has 0 heterocycles. The lowest BCUT2D eigenvalue weighted by Gasteiger charge is -2.01. The summed E-state index contributed by atoms with van der Waals surface area (Å²) >= 11 is 0. The van der Waals surface area contributed by atoms with E-state index >= 15 is 0 Å². The summed E-state index contributed by atoms with van der Waals surface area (Å²) in [6.07, 6.45) is 3.75. The van der Waals surface area contributed by atoms with Crippen LogP contribution in [0.25, 0.3) is 0 Å². The molecule has 0 aromatic heterocycles. The molecule has 0 saturated heterocycles. The molecule has 0 spiro atoms. The maximum Gasteiger partial charge on any atom is 0.264 e. The topological polar surface area (TPSA) is 73.9 Å². The van der Waals surface area contributed by atoms with E-state index in [0.29, 0.717) is 0 Å². The van der Waals surface area contributed by atoms with Crippen LogP contribution in [-0.2, 0) is 20.7 Å². The molecule has 4 nitrogen and oxygen atoms in total. The van der Waals surface area contributed by atoms with Gasteiger partial charge in [-0.2, -0.15) is 8.42 Å². The van der Waals surface area contributed by atoms with Crippen LogP contribution in [0.1, 0.15) is 18.4 Å². The summed E-state index contributed by atoms with van der Waals surface area (Å²) < 4.78 is 25.9. The Morgan fingerprint density at radius 2 is 1.75 bits per heavy atom. The molecule has 0 aliphatic carbocycles. The average molecular weight is 242 g/mol. The van der Waals surface area contributed by atoms with Crippen molar-refractivity contribution in [1.29, 1.82) is 0 Å². The molecule has 0 bridgehead atoms. The smallest absolute Gasteiger partial charge is 0.264 e. The third-order valence-electron chi connectivity index (χ3n) is 2.00. The average Bonchev–Trinajstić information content (AvgIpc) is 2.17. The van der Waals surface area contributed by atoms with Gasteiger partial charge >= 0.3 is 0 Å². The largest absolute Gasteiger partial charge is 0.270 e. The van der Waals surface area contributed by atoms with E-state index in [4.69, 9.17) is 0 Å². The molecule has 0 fully saturated rings. The molecule has 0 saturated carbocycles. The van der Waals surface area contributed by atoms with E-state index in [1.54, 1.807) is 0 Å². The zero-order valence-corrected chi connectivity index (χ0v) is 10.1. The van der Waals surface area contributed by atoms with Gasteiger partial charge in [0, 0.05) is 6.15 Å². The molecule has 1 aromatic carbocycles. The summed E-state index contributed by atoms with van der Waals surface area (Å²) in [4.78, 5) is 0. The number of hydrogen-bond acceptors (Lipinski definition) is 3. The third kappa shape index (κ3) is 7.39. The molecule has 3 radical (unpaired) electrons. The number of unbranched alkanes of at least 4 members (excludes halogenated alkanes) is 1. The Labute approximate surface area is 97.3 Å². The fourth-order valence-electron chi connectivity index (χ4n) is 1.29. The summed E-state index contributed by atoms with van der Waals surface area (Å²) in [7, 11) is -3.27. The summed E-state index contributed by atoms with van der Waals surface area (Å²) in [6, 6.07) is 10.1.